The molecule has 1 aromatic rings. The quantitative estimate of drug-likeness (QED) is 0.481. The molecule has 16 heavy (non-hydrogen) atoms. The van der Waals surface area contributed by atoms with E-state index >= 15 is 0 Å². The van der Waals surface area contributed by atoms with Gasteiger partial charge >= 0.3 is 5.97 Å². The minimum absolute atomic E-state index is 0.0502. The van der Waals surface area contributed by atoms with Crippen molar-refractivity contribution in [1.82, 2.24) is 0 Å². The second-order valence-corrected chi connectivity index (χ2v) is 3.14. The van der Waals surface area contributed by atoms with Crippen LogP contribution >= 0.6 is 0 Å². The largest absolute Gasteiger partial charge is 0.507 e. The van der Waals surface area contributed by atoms with E-state index in [2.05, 4.69) is 9.99 Å². The van der Waals surface area contributed by atoms with Crippen molar-refractivity contribution in [1.29, 1.82) is 0 Å². The van der Waals surface area contributed by atoms with Crippen LogP contribution in [0.3, 0.4) is 0 Å². The first kappa shape index (κ1) is 12.0. The zero-order valence-electron chi connectivity index (χ0n) is 9.35. The van der Waals surface area contributed by atoms with Crippen molar-refractivity contribution in [3.8, 4) is 11.5 Å². The first-order valence-corrected chi connectivity index (χ1v) is 4.64. The molecule has 0 saturated heterocycles. The number of oxime groups is 1. The van der Waals surface area contributed by atoms with E-state index in [1.54, 1.807) is 19.1 Å². The summed E-state index contributed by atoms with van der Waals surface area (Å²) in [4.78, 5) is 15.1. The van der Waals surface area contributed by atoms with Gasteiger partial charge in [-0.1, -0.05) is 5.16 Å². The van der Waals surface area contributed by atoms with Crippen LogP contribution in [0.1, 0.15) is 19.4 Å². The van der Waals surface area contributed by atoms with Crippen LogP contribution in [-0.4, -0.2) is 23.9 Å². The minimum Gasteiger partial charge on any atom is -0.507 e. The van der Waals surface area contributed by atoms with Gasteiger partial charge in [0.15, 0.2) is 0 Å². The number of ether oxygens (including phenoxy) is 1. The van der Waals surface area contributed by atoms with Crippen LogP contribution in [0.25, 0.3) is 0 Å². The molecule has 1 aromatic carbocycles. The number of hydrogen-bond acceptors (Lipinski definition) is 5. The maximum atomic E-state index is 10.6. The Hall–Kier alpha value is -2.04. The highest BCUT2D eigenvalue weighted by molar-refractivity contribution is 6.01. The zero-order chi connectivity index (χ0) is 12.1. The Morgan fingerprint density at radius 1 is 1.38 bits per heavy atom. The summed E-state index contributed by atoms with van der Waals surface area (Å²) >= 11 is 0. The smallest absolute Gasteiger partial charge is 0.331 e. The molecular weight excluding hydrogens is 210 g/mol. The van der Waals surface area contributed by atoms with E-state index in [4.69, 9.17) is 4.74 Å². The summed E-state index contributed by atoms with van der Waals surface area (Å²) in [6, 6.07) is 4.72. The predicted molar refractivity (Wildman–Crippen MR) is 58.6 cm³/mol. The van der Waals surface area contributed by atoms with Crippen molar-refractivity contribution >= 4 is 11.7 Å². The van der Waals surface area contributed by atoms with E-state index in [1.807, 2.05) is 0 Å². The highest BCUT2D eigenvalue weighted by atomic mass is 16.7. The molecule has 0 unspecified atom stereocenters. The van der Waals surface area contributed by atoms with Crippen LogP contribution in [0.5, 0.6) is 11.5 Å². The van der Waals surface area contributed by atoms with E-state index in [0.717, 1.165) is 0 Å². The Kier molecular flexibility index (Phi) is 3.88. The first-order chi connectivity index (χ1) is 7.54. The van der Waals surface area contributed by atoms with Gasteiger partial charge in [0.25, 0.3) is 0 Å². The molecule has 0 aliphatic rings. The van der Waals surface area contributed by atoms with Crippen LogP contribution in [-0.2, 0) is 9.63 Å². The van der Waals surface area contributed by atoms with Gasteiger partial charge in [-0.3, -0.25) is 0 Å². The lowest BCUT2D eigenvalue weighted by atomic mass is 10.1. The molecule has 0 heterocycles. The molecule has 5 heteroatoms. The second-order valence-electron chi connectivity index (χ2n) is 3.14. The molecule has 0 aromatic heterocycles. The fourth-order valence-corrected chi connectivity index (χ4v) is 1.11. The molecule has 0 bridgehead atoms. The Bertz CT molecular complexity index is 426. The lowest BCUT2D eigenvalue weighted by Gasteiger charge is -2.06. The Labute approximate surface area is 93.3 Å². The number of methoxy groups -OCH3 is 1. The van der Waals surface area contributed by atoms with Crippen LogP contribution in [0, 0.1) is 0 Å². The van der Waals surface area contributed by atoms with Crippen LogP contribution < -0.4 is 4.74 Å². The first-order valence-electron chi connectivity index (χ1n) is 4.64. The van der Waals surface area contributed by atoms with E-state index < -0.39 is 5.97 Å². The number of nitrogens with zero attached hydrogens (tertiary/aromatic N) is 1. The van der Waals surface area contributed by atoms with Crippen molar-refractivity contribution in [3.05, 3.63) is 23.8 Å². The molecule has 0 radical (unpaired) electrons. The lowest BCUT2D eigenvalue weighted by Crippen LogP contribution is -2.00. The monoisotopic (exact) mass is 223 g/mol. The zero-order valence-corrected chi connectivity index (χ0v) is 9.35. The summed E-state index contributed by atoms with van der Waals surface area (Å²) < 4.78 is 5.01. The van der Waals surface area contributed by atoms with E-state index in [9.17, 15) is 9.90 Å². The fourth-order valence-electron chi connectivity index (χ4n) is 1.11. The van der Waals surface area contributed by atoms with E-state index in [-0.39, 0.29) is 5.75 Å². The van der Waals surface area contributed by atoms with Gasteiger partial charge < -0.3 is 14.7 Å². The van der Waals surface area contributed by atoms with Gasteiger partial charge in [-0.15, -0.1) is 0 Å². The van der Waals surface area contributed by atoms with Gasteiger partial charge in [0, 0.05) is 12.5 Å². The molecule has 0 amide bonds. The molecule has 0 spiro atoms. The van der Waals surface area contributed by atoms with Crippen LogP contribution in [0.15, 0.2) is 23.4 Å². The molecule has 0 saturated carbocycles. The van der Waals surface area contributed by atoms with E-state index in [1.165, 1.54) is 20.1 Å². The number of benzene rings is 1. The summed E-state index contributed by atoms with van der Waals surface area (Å²) in [6.07, 6.45) is 0. The molecule has 86 valence electrons. The average molecular weight is 223 g/mol. The standard InChI is InChI=1S/C11H13NO4/c1-7(12-16-8(2)13)10-6-9(15-3)4-5-11(10)14/h4-6,14H,1-3H3. The Morgan fingerprint density at radius 3 is 2.62 bits per heavy atom. The molecule has 0 atom stereocenters. The summed E-state index contributed by atoms with van der Waals surface area (Å²) in [5, 5.41) is 13.2. The highest BCUT2D eigenvalue weighted by Crippen LogP contribution is 2.23. The third kappa shape index (κ3) is 2.98. The van der Waals surface area contributed by atoms with Crippen molar-refractivity contribution in [3.63, 3.8) is 0 Å². The Balaban J connectivity index is 3.01. The minimum atomic E-state index is -0.512. The maximum Gasteiger partial charge on any atom is 0.331 e. The van der Waals surface area contributed by atoms with Crippen molar-refractivity contribution in [2.45, 2.75) is 13.8 Å². The molecule has 0 aliphatic carbocycles. The number of rotatable bonds is 3. The average Bonchev–Trinajstić information content (AvgIpc) is 2.26. The van der Waals surface area contributed by atoms with Crippen LogP contribution in [0.2, 0.25) is 0 Å². The fraction of sp³-hybridized carbons (Fsp3) is 0.273. The van der Waals surface area contributed by atoms with Crippen molar-refractivity contribution in [2.24, 2.45) is 5.16 Å². The third-order valence-electron chi connectivity index (χ3n) is 1.90. The van der Waals surface area contributed by atoms with Gasteiger partial charge in [0.1, 0.15) is 11.5 Å². The number of phenols is 1. The van der Waals surface area contributed by atoms with Gasteiger partial charge in [0.05, 0.1) is 12.8 Å². The van der Waals surface area contributed by atoms with Gasteiger partial charge in [-0.05, 0) is 25.1 Å². The third-order valence-corrected chi connectivity index (χ3v) is 1.90. The number of aromatic hydroxyl groups is 1. The lowest BCUT2D eigenvalue weighted by molar-refractivity contribution is -0.140. The molecule has 1 rings (SSSR count). The van der Waals surface area contributed by atoms with Gasteiger partial charge in [-0.2, -0.15) is 0 Å². The van der Waals surface area contributed by atoms with Gasteiger partial charge in [-0.25, -0.2) is 4.79 Å². The second kappa shape index (κ2) is 5.16. The highest BCUT2D eigenvalue weighted by Gasteiger charge is 2.07. The predicted octanol–water partition coefficient (Wildman–Crippen LogP) is 1.69. The summed E-state index contributed by atoms with van der Waals surface area (Å²) in [7, 11) is 1.52. The molecular formula is C11H13NO4. The number of phenolic OH excluding ortho intramolecular Hbond substituents is 1. The molecule has 1 N–H and O–H groups in total. The number of carbonyl (C=O) groups excluding carboxylic acids is 1. The van der Waals surface area contributed by atoms with Crippen molar-refractivity contribution in [2.75, 3.05) is 7.11 Å². The molecule has 0 aliphatic heterocycles. The topological polar surface area (TPSA) is 68.1 Å². The summed E-state index contributed by atoms with van der Waals surface area (Å²) in [5.74, 6) is 0.126. The SMILES string of the molecule is COc1ccc(O)c(C(C)=NOC(C)=O)c1. The number of carbonyl (C=O) groups is 1. The molecule has 5 nitrogen and oxygen atoms in total. The van der Waals surface area contributed by atoms with E-state index in [0.29, 0.717) is 17.0 Å². The van der Waals surface area contributed by atoms with Crippen molar-refractivity contribution < 1.29 is 19.5 Å². The van der Waals surface area contributed by atoms with Crippen LogP contribution in [0.4, 0.5) is 0 Å². The van der Waals surface area contributed by atoms with Gasteiger partial charge in [0.2, 0.25) is 0 Å². The Morgan fingerprint density at radius 2 is 2.06 bits per heavy atom. The molecule has 0 fully saturated rings. The summed E-state index contributed by atoms with van der Waals surface area (Å²) in [5.41, 5.74) is 0.854. The maximum absolute atomic E-state index is 10.6. The summed E-state index contributed by atoms with van der Waals surface area (Å²) in [6.45, 7) is 2.87. The normalized spacial score (nSPS) is 11.1. The number of hydrogen-bond donors (Lipinski definition) is 1.